The van der Waals surface area contributed by atoms with Crippen LogP contribution >= 0.6 is 34.3 Å². The molecule has 178 valence electrons. The molecule has 1 aliphatic heterocycles. The number of piperidine rings is 1. The number of hydrogen-bond acceptors (Lipinski definition) is 6. The number of nitrogens with zero attached hydrogens (tertiary/aromatic N) is 3. The molecule has 13 heteroatoms. The highest BCUT2D eigenvalue weighted by Gasteiger charge is 2.34. The lowest BCUT2D eigenvalue weighted by atomic mass is 9.99. The third kappa shape index (κ3) is 5.05. The van der Waals surface area contributed by atoms with E-state index >= 15 is 0 Å². The maximum Gasteiger partial charge on any atom is 0.252 e. The average molecular weight is 536 g/mol. The molecule has 0 bridgehead atoms. The molecule has 1 fully saturated rings. The maximum absolute atomic E-state index is 14.5. The van der Waals surface area contributed by atoms with Gasteiger partial charge >= 0.3 is 0 Å². The lowest BCUT2D eigenvalue weighted by Gasteiger charge is -2.29. The first-order valence-corrected chi connectivity index (χ1v) is 13.5. The average Bonchev–Trinajstić information content (AvgIpc) is 3.36. The van der Waals surface area contributed by atoms with Crippen LogP contribution in [0.4, 0.5) is 8.78 Å². The van der Waals surface area contributed by atoms with Crippen molar-refractivity contribution in [2.24, 2.45) is 10.9 Å². The molecule has 1 unspecified atom stereocenters. The number of aromatic nitrogens is 1. The van der Waals surface area contributed by atoms with Gasteiger partial charge in [0.05, 0.1) is 27.1 Å². The zero-order chi connectivity index (χ0) is 23.8. The summed E-state index contributed by atoms with van der Waals surface area (Å²) < 4.78 is 62.7. The summed E-state index contributed by atoms with van der Waals surface area (Å²) in [4.78, 5) is 17.4. The summed E-state index contributed by atoms with van der Waals surface area (Å²) in [5.74, 6) is -2.63. The van der Waals surface area contributed by atoms with Crippen molar-refractivity contribution in [3.63, 3.8) is 0 Å². The number of carbonyl (C=O) groups is 1. The first-order valence-electron chi connectivity index (χ1n) is 10.0. The highest BCUT2D eigenvalue weighted by atomic mass is 35.5. The number of rotatable bonds is 6. The van der Waals surface area contributed by atoms with E-state index in [0.29, 0.717) is 28.4 Å². The molecule has 0 saturated carbocycles. The number of hydrogen-bond donors (Lipinski definition) is 0. The number of thiophene rings is 1. The van der Waals surface area contributed by atoms with Crippen LogP contribution in [0.3, 0.4) is 0 Å². The smallest absolute Gasteiger partial charge is 0.252 e. The summed E-state index contributed by atoms with van der Waals surface area (Å²) in [5.41, 5.74) is 0.146. The molecule has 2 aromatic heterocycles. The Morgan fingerprint density at radius 1 is 1.30 bits per heavy atom. The SMILES string of the molecule is COCCn1c(=NC(=O)C2CCCN(S(=O)(=O)c3ccc(Cl)s3)C2)sc2cc(F)cc(F)c21. The largest absolute Gasteiger partial charge is 0.383 e. The molecule has 1 aliphatic rings. The first-order chi connectivity index (χ1) is 15.7. The Hall–Kier alpha value is -1.70. The van der Waals surface area contributed by atoms with E-state index in [1.807, 2.05) is 0 Å². The van der Waals surface area contributed by atoms with Crippen LogP contribution in [0.5, 0.6) is 0 Å². The quantitative estimate of drug-likeness (QED) is 0.480. The lowest BCUT2D eigenvalue weighted by molar-refractivity contribution is -0.122. The number of methoxy groups -OCH3 is 1. The third-order valence-electron chi connectivity index (χ3n) is 5.30. The van der Waals surface area contributed by atoms with Gasteiger partial charge in [0, 0.05) is 32.8 Å². The Kier molecular flexibility index (Phi) is 7.32. The molecular weight excluding hydrogens is 516 g/mol. The second-order valence-corrected chi connectivity index (χ2v) is 12.4. The fourth-order valence-electron chi connectivity index (χ4n) is 3.72. The van der Waals surface area contributed by atoms with Crippen molar-refractivity contribution in [2.75, 3.05) is 26.8 Å². The molecule has 1 atom stereocenters. The number of halogens is 3. The Morgan fingerprint density at radius 3 is 2.79 bits per heavy atom. The van der Waals surface area contributed by atoms with Crippen LogP contribution < -0.4 is 4.80 Å². The van der Waals surface area contributed by atoms with Crippen molar-refractivity contribution >= 4 is 60.4 Å². The normalized spacial score (nSPS) is 18.3. The van der Waals surface area contributed by atoms with Crippen LogP contribution in [0.1, 0.15) is 12.8 Å². The van der Waals surface area contributed by atoms with Gasteiger partial charge in [0.25, 0.3) is 15.9 Å². The number of fused-ring (bicyclic) bond motifs is 1. The van der Waals surface area contributed by atoms with Gasteiger partial charge in [-0.25, -0.2) is 17.2 Å². The summed E-state index contributed by atoms with van der Waals surface area (Å²) in [6.07, 6.45) is 0.978. The van der Waals surface area contributed by atoms with Gasteiger partial charge in [-0.2, -0.15) is 9.30 Å². The zero-order valence-electron chi connectivity index (χ0n) is 17.5. The van der Waals surface area contributed by atoms with Gasteiger partial charge in [-0.15, -0.1) is 11.3 Å². The minimum atomic E-state index is -3.77. The highest BCUT2D eigenvalue weighted by molar-refractivity contribution is 7.91. The second kappa shape index (κ2) is 9.88. The molecule has 7 nitrogen and oxygen atoms in total. The molecule has 1 aromatic carbocycles. The molecular formula is C20H20ClF2N3O4S3. The predicted octanol–water partition coefficient (Wildman–Crippen LogP) is 3.87. The van der Waals surface area contributed by atoms with E-state index in [0.717, 1.165) is 28.7 Å². The standard InChI is InChI=1S/C20H20ClF2N3O4S3/c1-30-8-7-26-18-14(23)9-13(22)10-15(18)31-20(26)24-19(27)12-3-2-6-25(11-12)33(28,29)17-5-4-16(21)32-17/h4-5,9-10,12H,2-3,6-8,11H2,1H3. The lowest BCUT2D eigenvalue weighted by Crippen LogP contribution is -2.42. The molecule has 4 rings (SSSR count). The van der Waals surface area contributed by atoms with Crippen molar-refractivity contribution in [3.05, 3.63) is 45.0 Å². The van der Waals surface area contributed by atoms with Crippen molar-refractivity contribution in [3.8, 4) is 0 Å². The van der Waals surface area contributed by atoms with E-state index in [4.69, 9.17) is 16.3 Å². The molecule has 0 N–H and O–H groups in total. The highest BCUT2D eigenvalue weighted by Crippen LogP contribution is 2.31. The van der Waals surface area contributed by atoms with Gasteiger partial charge in [0.2, 0.25) is 0 Å². The molecule has 3 aromatic rings. The number of thiazole rings is 1. The number of benzene rings is 1. The Balaban J connectivity index is 1.65. The van der Waals surface area contributed by atoms with Crippen LogP contribution in [0.15, 0.2) is 33.5 Å². The molecule has 0 radical (unpaired) electrons. The van der Waals surface area contributed by atoms with Crippen LogP contribution in [0, 0.1) is 17.6 Å². The topological polar surface area (TPSA) is 81.0 Å². The molecule has 33 heavy (non-hydrogen) atoms. The van der Waals surface area contributed by atoms with Gasteiger partial charge in [0.15, 0.2) is 10.6 Å². The van der Waals surface area contributed by atoms with Gasteiger partial charge in [-0.1, -0.05) is 22.9 Å². The van der Waals surface area contributed by atoms with Crippen molar-refractivity contribution in [1.82, 2.24) is 8.87 Å². The predicted molar refractivity (Wildman–Crippen MR) is 123 cm³/mol. The van der Waals surface area contributed by atoms with Crippen molar-refractivity contribution in [2.45, 2.75) is 23.6 Å². The summed E-state index contributed by atoms with van der Waals surface area (Å²) in [6, 6.07) is 4.94. The van der Waals surface area contributed by atoms with Crippen LogP contribution in [0.25, 0.3) is 10.2 Å². The van der Waals surface area contributed by atoms with Crippen LogP contribution in [-0.2, 0) is 26.1 Å². The zero-order valence-corrected chi connectivity index (χ0v) is 20.7. The van der Waals surface area contributed by atoms with Crippen molar-refractivity contribution < 1.29 is 26.7 Å². The van der Waals surface area contributed by atoms with E-state index in [2.05, 4.69) is 4.99 Å². The fraction of sp³-hybridized carbons (Fsp3) is 0.400. The number of carbonyl (C=O) groups excluding carboxylic acids is 1. The van der Waals surface area contributed by atoms with E-state index in [1.54, 1.807) is 0 Å². The summed E-state index contributed by atoms with van der Waals surface area (Å²) >= 11 is 7.85. The second-order valence-electron chi connectivity index (χ2n) is 7.47. The molecule has 0 aliphatic carbocycles. The van der Waals surface area contributed by atoms with Gasteiger partial charge < -0.3 is 9.30 Å². The number of amides is 1. The minimum absolute atomic E-state index is 0.00780. The summed E-state index contributed by atoms with van der Waals surface area (Å²) in [5, 5.41) is 0. The van der Waals surface area contributed by atoms with Gasteiger partial charge in [-0.3, -0.25) is 4.79 Å². The number of sulfonamides is 1. The van der Waals surface area contributed by atoms with Crippen molar-refractivity contribution in [1.29, 1.82) is 0 Å². The van der Waals surface area contributed by atoms with Gasteiger partial charge in [-0.05, 0) is 31.0 Å². The summed E-state index contributed by atoms with van der Waals surface area (Å²) in [7, 11) is -2.28. The Bertz CT molecular complexity index is 1370. The molecule has 1 saturated heterocycles. The monoisotopic (exact) mass is 535 g/mol. The Labute approximate surface area is 201 Å². The molecule has 1 amide bonds. The molecule has 3 heterocycles. The maximum atomic E-state index is 14.5. The van der Waals surface area contributed by atoms with E-state index in [9.17, 15) is 22.0 Å². The molecule has 0 spiro atoms. The number of ether oxygens (including phenoxy) is 1. The summed E-state index contributed by atoms with van der Waals surface area (Å²) in [6.45, 7) is 0.743. The third-order valence-corrected chi connectivity index (χ3v) is 9.89. The van der Waals surface area contributed by atoms with E-state index in [1.165, 1.54) is 34.2 Å². The van der Waals surface area contributed by atoms with Crippen LogP contribution in [-0.4, -0.2) is 50.0 Å². The minimum Gasteiger partial charge on any atom is -0.383 e. The fourth-order valence-corrected chi connectivity index (χ4v) is 7.98. The van der Waals surface area contributed by atoms with E-state index in [-0.39, 0.29) is 34.2 Å². The Morgan fingerprint density at radius 2 is 2.09 bits per heavy atom. The van der Waals surface area contributed by atoms with Crippen LogP contribution in [0.2, 0.25) is 4.34 Å². The van der Waals surface area contributed by atoms with Gasteiger partial charge in [0.1, 0.15) is 10.0 Å². The first kappa shape index (κ1) is 24.4. The van der Waals surface area contributed by atoms with E-state index < -0.39 is 33.5 Å².